The number of nitrogens with one attached hydrogen (secondary N) is 1. The molecule has 0 aromatic carbocycles. The molecule has 1 amide bonds. The first-order chi connectivity index (χ1) is 39.0. The molecule has 0 fully saturated rings. The second-order valence-corrected chi connectivity index (χ2v) is 23.9. The van der Waals surface area contributed by atoms with Gasteiger partial charge in [-0.05, 0) is 89.9 Å². The van der Waals surface area contributed by atoms with Gasteiger partial charge in [0.15, 0.2) is 0 Å². The van der Waals surface area contributed by atoms with Gasteiger partial charge in [-0.15, -0.1) is 0 Å². The van der Waals surface area contributed by atoms with Gasteiger partial charge < -0.3 is 20.3 Å². The maximum Gasteiger partial charge on any atom is 0.305 e. The van der Waals surface area contributed by atoms with Gasteiger partial charge in [-0.3, -0.25) is 9.59 Å². The van der Waals surface area contributed by atoms with Crippen molar-refractivity contribution in [1.29, 1.82) is 0 Å². The Balaban J connectivity index is 3.38. The van der Waals surface area contributed by atoms with Crippen molar-refractivity contribution in [3.63, 3.8) is 0 Å². The molecule has 0 saturated carbocycles. The summed E-state index contributed by atoms with van der Waals surface area (Å²) in [5.74, 6) is -0.0636. The van der Waals surface area contributed by atoms with Crippen LogP contribution in [0.1, 0.15) is 367 Å². The summed E-state index contributed by atoms with van der Waals surface area (Å²) in [4.78, 5) is 24.5. The third-order valence-corrected chi connectivity index (χ3v) is 16.0. The molecule has 6 heteroatoms. The Labute approximate surface area is 492 Å². The van der Waals surface area contributed by atoms with Gasteiger partial charge in [-0.1, -0.05) is 325 Å². The molecule has 0 rings (SSSR count). The molecule has 0 aliphatic carbocycles. The van der Waals surface area contributed by atoms with Crippen molar-refractivity contribution < 1.29 is 24.5 Å². The van der Waals surface area contributed by atoms with Crippen LogP contribution < -0.4 is 5.32 Å². The zero-order valence-electron chi connectivity index (χ0n) is 52.9. The molecule has 0 bridgehead atoms. The lowest BCUT2D eigenvalue weighted by molar-refractivity contribution is -0.143. The Hall–Kier alpha value is -2.44. The fourth-order valence-corrected chi connectivity index (χ4v) is 10.6. The first-order valence-corrected chi connectivity index (χ1v) is 35.1. The second-order valence-electron chi connectivity index (χ2n) is 23.9. The van der Waals surface area contributed by atoms with Crippen LogP contribution in [0.2, 0.25) is 0 Å². The molecule has 0 aromatic heterocycles. The number of hydrogen-bond donors (Lipinski definition) is 3. The summed E-state index contributed by atoms with van der Waals surface area (Å²) in [5, 5.41) is 23.1. The lowest BCUT2D eigenvalue weighted by Crippen LogP contribution is -2.45. The number of aliphatic hydroxyl groups is 2. The highest BCUT2D eigenvalue weighted by Gasteiger charge is 2.18. The first kappa shape index (κ1) is 76.6. The Morgan fingerprint density at radius 1 is 0.354 bits per heavy atom. The smallest absolute Gasteiger partial charge is 0.305 e. The largest absolute Gasteiger partial charge is 0.466 e. The van der Waals surface area contributed by atoms with E-state index >= 15 is 0 Å². The van der Waals surface area contributed by atoms with Crippen LogP contribution in [0.15, 0.2) is 60.8 Å². The number of ether oxygens (including phenoxy) is 1. The van der Waals surface area contributed by atoms with Crippen molar-refractivity contribution in [2.75, 3.05) is 13.2 Å². The minimum absolute atomic E-state index is 0.00156. The molecule has 0 radical (unpaired) electrons. The molecule has 2 unspecified atom stereocenters. The van der Waals surface area contributed by atoms with Crippen molar-refractivity contribution >= 4 is 11.9 Å². The van der Waals surface area contributed by atoms with Crippen LogP contribution in [0.5, 0.6) is 0 Å². The maximum absolute atomic E-state index is 12.5. The summed E-state index contributed by atoms with van der Waals surface area (Å²) in [6.07, 6.45) is 90.2. The quantitative estimate of drug-likeness (QED) is 0.0320. The number of amides is 1. The number of unbranched alkanes of at least 4 members (excludes halogenated alkanes) is 46. The summed E-state index contributed by atoms with van der Waals surface area (Å²) in [6.45, 7) is 4.87. The Bertz CT molecular complexity index is 1370. The Kier molecular flexibility index (Phi) is 66.0. The van der Waals surface area contributed by atoms with Crippen LogP contribution in [0.25, 0.3) is 0 Å². The fraction of sp³-hybridized carbons (Fsp3) is 0.836. The van der Waals surface area contributed by atoms with Crippen molar-refractivity contribution in [3.8, 4) is 0 Å². The minimum atomic E-state index is -0.843. The van der Waals surface area contributed by atoms with Crippen LogP contribution in [-0.2, 0) is 14.3 Å². The summed E-state index contributed by atoms with van der Waals surface area (Å²) >= 11 is 0. The molecular weight excluding hydrogens is 971 g/mol. The average molecular weight is 1110 g/mol. The van der Waals surface area contributed by atoms with Gasteiger partial charge in [-0.2, -0.15) is 0 Å². The molecular formula is C73H135NO5. The lowest BCUT2D eigenvalue weighted by atomic mass is 10.0. The molecule has 2 atom stereocenters. The standard InChI is InChI=1S/C73H135NO5/c1-3-5-7-9-11-13-15-17-43-47-51-55-59-63-67-73(78)79-68-64-60-56-52-48-44-40-38-36-34-32-30-28-26-24-22-20-18-19-21-23-25-27-29-31-33-35-37-39-42-46-50-54-58-62-66-72(77)74-70(69-75)71(76)65-61-57-53-49-45-41-16-14-12-10-8-6-4-2/h9,11,15,17,20,22,26,28,61,65,70-71,75-76H,3-8,10,12-14,16,18-19,21,23-25,27,29-60,62-64,66-69H2,1-2H3,(H,74,77)/b11-9-,17-15-,22-20-,28-26-,65-61+. The highest BCUT2D eigenvalue weighted by atomic mass is 16.5. The van der Waals surface area contributed by atoms with Gasteiger partial charge in [-0.25, -0.2) is 0 Å². The third-order valence-electron chi connectivity index (χ3n) is 16.0. The number of allylic oxidation sites excluding steroid dienone is 9. The van der Waals surface area contributed by atoms with Gasteiger partial charge in [0.1, 0.15) is 0 Å². The molecule has 462 valence electrons. The monoisotopic (exact) mass is 1110 g/mol. The minimum Gasteiger partial charge on any atom is -0.466 e. The van der Waals surface area contributed by atoms with E-state index in [-0.39, 0.29) is 18.5 Å². The van der Waals surface area contributed by atoms with Gasteiger partial charge in [0.25, 0.3) is 0 Å². The summed E-state index contributed by atoms with van der Waals surface area (Å²) < 4.78 is 5.48. The van der Waals surface area contributed by atoms with E-state index in [0.717, 1.165) is 57.8 Å². The van der Waals surface area contributed by atoms with E-state index < -0.39 is 12.1 Å². The Morgan fingerprint density at radius 3 is 1.00 bits per heavy atom. The van der Waals surface area contributed by atoms with E-state index in [1.807, 2.05) is 6.08 Å². The third kappa shape index (κ3) is 64.6. The number of rotatable bonds is 65. The summed E-state index contributed by atoms with van der Waals surface area (Å²) in [6, 6.07) is -0.626. The fourth-order valence-electron chi connectivity index (χ4n) is 10.6. The highest BCUT2D eigenvalue weighted by Crippen LogP contribution is 2.18. The molecule has 3 N–H and O–H groups in total. The van der Waals surface area contributed by atoms with E-state index in [4.69, 9.17) is 4.74 Å². The van der Waals surface area contributed by atoms with Crippen molar-refractivity contribution in [3.05, 3.63) is 60.8 Å². The van der Waals surface area contributed by atoms with Crippen molar-refractivity contribution in [2.24, 2.45) is 0 Å². The van der Waals surface area contributed by atoms with Crippen LogP contribution >= 0.6 is 0 Å². The predicted octanol–water partition coefficient (Wildman–Crippen LogP) is 22.6. The molecule has 6 nitrogen and oxygen atoms in total. The van der Waals surface area contributed by atoms with E-state index in [1.165, 1.54) is 283 Å². The predicted molar refractivity (Wildman–Crippen MR) is 347 cm³/mol. The number of aliphatic hydroxyl groups excluding tert-OH is 2. The van der Waals surface area contributed by atoms with Gasteiger partial charge in [0, 0.05) is 12.8 Å². The average Bonchev–Trinajstić information content (AvgIpc) is 3.45. The van der Waals surface area contributed by atoms with Gasteiger partial charge in [0.05, 0.1) is 25.4 Å². The summed E-state index contributed by atoms with van der Waals surface area (Å²) in [7, 11) is 0. The van der Waals surface area contributed by atoms with E-state index in [1.54, 1.807) is 6.08 Å². The molecule has 79 heavy (non-hydrogen) atoms. The highest BCUT2D eigenvalue weighted by molar-refractivity contribution is 5.76. The van der Waals surface area contributed by atoms with E-state index in [0.29, 0.717) is 19.4 Å². The number of esters is 1. The topological polar surface area (TPSA) is 95.9 Å². The van der Waals surface area contributed by atoms with Crippen LogP contribution in [0.4, 0.5) is 0 Å². The van der Waals surface area contributed by atoms with Crippen LogP contribution in [0.3, 0.4) is 0 Å². The van der Waals surface area contributed by atoms with Gasteiger partial charge in [0.2, 0.25) is 5.91 Å². The molecule has 0 heterocycles. The zero-order valence-corrected chi connectivity index (χ0v) is 52.9. The second kappa shape index (κ2) is 68.1. The maximum atomic E-state index is 12.5. The molecule has 0 aromatic rings. The molecule has 0 aliphatic heterocycles. The number of carbonyl (C=O) groups excluding carboxylic acids is 2. The van der Waals surface area contributed by atoms with E-state index in [9.17, 15) is 19.8 Å². The molecule has 0 spiro atoms. The number of carbonyl (C=O) groups is 2. The number of hydrogen-bond acceptors (Lipinski definition) is 5. The zero-order chi connectivity index (χ0) is 57.1. The normalized spacial score (nSPS) is 12.9. The SMILES string of the molecule is CCCC/C=C\C/C=C\CCCCCCCC(=O)OCCCCCCCCCCCCC/C=C\C/C=C\CCCCCCCCCCCCCCCCCCCC(=O)NC(CO)C(O)/C=C/CCCCCCCCCCCCC. The lowest BCUT2D eigenvalue weighted by Gasteiger charge is -2.20. The molecule has 0 aliphatic rings. The summed E-state index contributed by atoms with van der Waals surface area (Å²) in [5.41, 5.74) is 0. The van der Waals surface area contributed by atoms with Crippen LogP contribution in [-0.4, -0.2) is 47.4 Å². The first-order valence-electron chi connectivity index (χ1n) is 35.1. The van der Waals surface area contributed by atoms with Crippen molar-refractivity contribution in [2.45, 2.75) is 379 Å². The van der Waals surface area contributed by atoms with E-state index in [2.05, 4.69) is 67.8 Å². The van der Waals surface area contributed by atoms with Crippen molar-refractivity contribution in [1.82, 2.24) is 5.32 Å². The molecule has 0 saturated heterocycles. The van der Waals surface area contributed by atoms with Gasteiger partial charge >= 0.3 is 5.97 Å². The Morgan fingerprint density at radius 2 is 0.646 bits per heavy atom. The van der Waals surface area contributed by atoms with Crippen LogP contribution in [0, 0.1) is 0 Å².